The summed E-state index contributed by atoms with van der Waals surface area (Å²) in [5.74, 6) is 0.703. The standard InChI is InChI=1S/C20H21NO3/c1-4-5-18-12-16(13-22)8-11-19(18)24-14-15-6-9-17(10-7-15)20(23)21(2)3/h4,6-13H,1,5,14H2,2-3H3. The van der Waals surface area contributed by atoms with Gasteiger partial charge in [0.15, 0.2) is 0 Å². The highest BCUT2D eigenvalue weighted by atomic mass is 16.5. The Morgan fingerprint density at radius 1 is 1.17 bits per heavy atom. The first-order valence-electron chi connectivity index (χ1n) is 7.67. The fraction of sp³-hybridized carbons (Fsp3) is 0.200. The third-order valence-electron chi connectivity index (χ3n) is 3.59. The van der Waals surface area contributed by atoms with Crippen LogP contribution in [0, 0.1) is 0 Å². The number of nitrogens with zero attached hydrogens (tertiary/aromatic N) is 1. The van der Waals surface area contributed by atoms with E-state index in [1.807, 2.05) is 18.2 Å². The monoisotopic (exact) mass is 323 g/mol. The highest BCUT2D eigenvalue weighted by molar-refractivity contribution is 5.93. The number of amides is 1. The SMILES string of the molecule is C=CCc1cc(C=O)ccc1OCc1ccc(C(=O)N(C)C)cc1. The third kappa shape index (κ3) is 4.32. The number of ether oxygens (including phenoxy) is 1. The average Bonchev–Trinajstić information content (AvgIpc) is 2.60. The number of carbonyl (C=O) groups excluding carboxylic acids is 2. The average molecular weight is 323 g/mol. The molecule has 0 aliphatic carbocycles. The van der Waals surface area contributed by atoms with Gasteiger partial charge in [-0.05, 0) is 47.9 Å². The summed E-state index contributed by atoms with van der Waals surface area (Å²) in [5.41, 5.74) is 3.15. The van der Waals surface area contributed by atoms with Crippen molar-refractivity contribution in [2.24, 2.45) is 0 Å². The maximum Gasteiger partial charge on any atom is 0.253 e. The number of benzene rings is 2. The highest BCUT2D eigenvalue weighted by Crippen LogP contribution is 2.22. The molecule has 0 bridgehead atoms. The summed E-state index contributed by atoms with van der Waals surface area (Å²) in [6.45, 7) is 4.12. The van der Waals surface area contributed by atoms with Gasteiger partial charge < -0.3 is 9.64 Å². The van der Waals surface area contributed by atoms with Crippen LogP contribution in [0.1, 0.15) is 31.8 Å². The molecule has 0 atom stereocenters. The van der Waals surface area contributed by atoms with Crippen LogP contribution in [0.5, 0.6) is 5.75 Å². The molecule has 0 aromatic heterocycles. The Morgan fingerprint density at radius 3 is 2.46 bits per heavy atom. The van der Waals surface area contributed by atoms with Crippen molar-refractivity contribution in [2.45, 2.75) is 13.0 Å². The van der Waals surface area contributed by atoms with Crippen LogP contribution in [0.3, 0.4) is 0 Å². The van der Waals surface area contributed by atoms with Crippen molar-refractivity contribution in [3.8, 4) is 5.75 Å². The molecule has 4 heteroatoms. The quantitative estimate of drug-likeness (QED) is 0.579. The number of hydrogen-bond acceptors (Lipinski definition) is 3. The molecule has 2 rings (SSSR count). The van der Waals surface area contributed by atoms with Crippen molar-refractivity contribution in [3.63, 3.8) is 0 Å². The Kier molecular flexibility index (Phi) is 5.90. The second kappa shape index (κ2) is 8.11. The minimum atomic E-state index is -0.0276. The van der Waals surface area contributed by atoms with E-state index in [9.17, 15) is 9.59 Å². The number of aldehydes is 1. The highest BCUT2D eigenvalue weighted by Gasteiger charge is 2.08. The zero-order valence-corrected chi connectivity index (χ0v) is 14.0. The molecule has 0 heterocycles. The van der Waals surface area contributed by atoms with E-state index in [1.165, 1.54) is 0 Å². The predicted molar refractivity (Wildman–Crippen MR) is 94.5 cm³/mol. The van der Waals surface area contributed by atoms with Gasteiger partial charge in [0.05, 0.1) is 0 Å². The largest absolute Gasteiger partial charge is 0.489 e. The molecule has 124 valence electrons. The van der Waals surface area contributed by atoms with E-state index in [0.717, 1.165) is 23.2 Å². The molecule has 0 unspecified atom stereocenters. The minimum Gasteiger partial charge on any atom is -0.489 e. The molecule has 24 heavy (non-hydrogen) atoms. The summed E-state index contributed by atoms with van der Waals surface area (Å²) in [6.07, 6.45) is 3.22. The molecule has 0 aliphatic rings. The van der Waals surface area contributed by atoms with Gasteiger partial charge in [-0.15, -0.1) is 6.58 Å². The maximum atomic E-state index is 11.9. The van der Waals surface area contributed by atoms with Crippen LogP contribution in [0.15, 0.2) is 55.1 Å². The maximum absolute atomic E-state index is 11.9. The van der Waals surface area contributed by atoms with Crippen LogP contribution in [0.4, 0.5) is 0 Å². The molecule has 1 amide bonds. The van der Waals surface area contributed by atoms with Crippen molar-refractivity contribution in [1.82, 2.24) is 4.90 Å². The Hall–Kier alpha value is -2.88. The number of allylic oxidation sites excluding steroid dienone is 1. The van der Waals surface area contributed by atoms with E-state index in [2.05, 4.69) is 6.58 Å². The van der Waals surface area contributed by atoms with Gasteiger partial charge in [0.1, 0.15) is 18.6 Å². The molecular formula is C20H21NO3. The van der Waals surface area contributed by atoms with Crippen LogP contribution in [-0.2, 0) is 13.0 Å². The lowest BCUT2D eigenvalue weighted by atomic mass is 10.1. The lowest BCUT2D eigenvalue weighted by molar-refractivity contribution is 0.0827. The van der Waals surface area contributed by atoms with Gasteiger partial charge in [-0.1, -0.05) is 18.2 Å². The summed E-state index contributed by atoms with van der Waals surface area (Å²) in [4.78, 5) is 24.3. The fourth-order valence-corrected chi connectivity index (χ4v) is 2.29. The van der Waals surface area contributed by atoms with E-state index < -0.39 is 0 Å². The molecular weight excluding hydrogens is 302 g/mol. The number of rotatable bonds is 7. The Bertz CT molecular complexity index is 733. The molecule has 2 aromatic rings. The van der Waals surface area contributed by atoms with Crippen LogP contribution in [-0.4, -0.2) is 31.2 Å². The molecule has 0 fully saturated rings. The van der Waals surface area contributed by atoms with E-state index >= 15 is 0 Å². The van der Waals surface area contributed by atoms with Crippen molar-refractivity contribution < 1.29 is 14.3 Å². The lowest BCUT2D eigenvalue weighted by Gasteiger charge is -2.12. The van der Waals surface area contributed by atoms with Gasteiger partial charge in [0.25, 0.3) is 5.91 Å². The molecule has 0 N–H and O–H groups in total. The van der Waals surface area contributed by atoms with Gasteiger partial charge in [-0.2, -0.15) is 0 Å². The fourth-order valence-electron chi connectivity index (χ4n) is 2.29. The second-order valence-corrected chi connectivity index (χ2v) is 5.66. The Morgan fingerprint density at radius 2 is 1.88 bits per heavy atom. The van der Waals surface area contributed by atoms with Gasteiger partial charge in [-0.25, -0.2) is 0 Å². The van der Waals surface area contributed by atoms with Gasteiger partial charge in [0.2, 0.25) is 0 Å². The first-order valence-corrected chi connectivity index (χ1v) is 7.67. The Labute approximate surface area is 142 Å². The summed E-state index contributed by atoms with van der Waals surface area (Å²) < 4.78 is 5.86. The molecule has 0 saturated carbocycles. The summed E-state index contributed by atoms with van der Waals surface area (Å²) in [6, 6.07) is 12.7. The predicted octanol–water partition coefficient (Wildman–Crippen LogP) is 3.51. The molecule has 0 radical (unpaired) electrons. The molecule has 0 saturated heterocycles. The number of carbonyl (C=O) groups is 2. The lowest BCUT2D eigenvalue weighted by Crippen LogP contribution is -2.21. The molecule has 0 spiro atoms. The van der Waals surface area contributed by atoms with Gasteiger partial charge >= 0.3 is 0 Å². The van der Waals surface area contributed by atoms with Crippen molar-refractivity contribution in [3.05, 3.63) is 77.4 Å². The second-order valence-electron chi connectivity index (χ2n) is 5.66. The van der Waals surface area contributed by atoms with Gasteiger partial charge in [-0.3, -0.25) is 9.59 Å². The van der Waals surface area contributed by atoms with E-state index in [0.29, 0.717) is 24.2 Å². The molecule has 0 aliphatic heterocycles. The van der Waals surface area contributed by atoms with Crippen LogP contribution < -0.4 is 4.74 Å². The normalized spacial score (nSPS) is 10.1. The Balaban J connectivity index is 2.09. The first-order chi connectivity index (χ1) is 11.5. The molecule has 4 nitrogen and oxygen atoms in total. The van der Waals surface area contributed by atoms with Crippen LogP contribution in [0.25, 0.3) is 0 Å². The third-order valence-corrected chi connectivity index (χ3v) is 3.59. The van der Waals surface area contributed by atoms with E-state index in [1.54, 1.807) is 49.3 Å². The van der Waals surface area contributed by atoms with Crippen molar-refractivity contribution in [1.29, 1.82) is 0 Å². The minimum absolute atomic E-state index is 0.0276. The zero-order chi connectivity index (χ0) is 17.5. The van der Waals surface area contributed by atoms with Crippen LogP contribution in [0.2, 0.25) is 0 Å². The smallest absolute Gasteiger partial charge is 0.253 e. The van der Waals surface area contributed by atoms with E-state index in [4.69, 9.17) is 4.74 Å². The number of hydrogen-bond donors (Lipinski definition) is 0. The van der Waals surface area contributed by atoms with Crippen molar-refractivity contribution >= 4 is 12.2 Å². The summed E-state index contributed by atoms with van der Waals surface area (Å²) >= 11 is 0. The summed E-state index contributed by atoms with van der Waals surface area (Å²) in [7, 11) is 3.45. The van der Waals surface area contributed by atoms with E-state index in [-0.39, 0.29) is 5.91 Å². The van der Waals surface area contributed by atoms with Crippen LogP contribution >= 0.6 is 0 Å². The van der Waals surface area contributed by atoms with Crippen molar-refractivity contribution in [2.75, 3.05) is 14.1 Å². The summed E-state index contributed by atoms with van der Waals surface area (Å²) in [5, 5.41) is 0. The topological polar surface area (TPSA) is 46.6 Å². The van der Waals surface area contributed by atoms with Gasteiger partial charge in [0, 0.05) is 25.2 Å². The molecule has 2 aromatic carbocycles. The zero-order valence-electron chi connectivity index (χ0n) is 14.0. The first kappa shape index (κ1) is 17.5.